The molecule has 3 aromatic carbocycles. The summed E-state index contributed by atoms with van der Waals surface area (Å²) in [6, 6.07) is 18.2. The van der Waals surface area contributed by atoms with Crippen LogP contribution in [0.25, 0.3) is 10.2 Å². The Bertz CT molecular complexity index is 1110. The summed E-state index contributed by atoms with van der Waals surface area (Å²) in [4.78, 5) is 16.9. The SMILES string of the molecule is Cc1nc2ccc(NC(=O)c3ccc(Oc4ccc(F)cc4)cc3)cc2s1. The van der Waals surface area contributed by atoms with Crippen molar-refractivity contribution in [1.82, 2.24) is 4.98 Å². The number of hydrogen-bond donors (Lipinski definition) is 1. The van der Waals surface area contributed by atoms with E-state index in [-0.39, 0.29) is 11.7 Å². The average molecular weight is 378 g/mol. The van der Waals surface area contributed by atoms with E-state index < -0.39 is 0 Å². The Balaban J connectivity index is 1.45. The van der Waals surface area contributed by atoms with Gasteiger partial charge < -0.3 is 10.1 Å². The maximum absolute atomic E-state index is 12.9. The first-order chi connectivity index (χ1) is 13.1. The zero-order valence-corrected chi connectivity index (χ0v) is 15.2. The predicted molar refractivity (Wildman–Crippen MR) is 105 cm³/mol. The summed E-state index contributed by atoms with van der Waals surface area (Å²) in [7, 11) is 0. The molecule has 0 radical (unpaired) electrons. The van der Waals surface area contributed by atoms with Crippen molar-refractivity contribution < 1.29 is 13.9 Å². The van der Waals surface area contributed by atoms with Gasteiger partial charge in [0, 0.05) is 11.3 Å². The van der Waals surface area contributed by atoms with Gasteiger partial charge in [-0.2, -0.15) is 0 Å². The number of ether oxygens (including phenoxy) is 1. The highest BCUT2D eigenvalue weighted by Crippen LogP contribution is 2.26. The molecule has 0 aliphatic rings. The van der Waals surface area contributed by atoms with Crippen molar-refractivity contribution >= 4 is 33.1 Å². The van der Waals surface area contributed by atoms with Crippen LogP contribution in [0.5, 0.6) is 11.5 Å². The molecule has 1 amide bonds. The minimum atomic E-state index is -0.318. The van der Waals surface area contributed by atoms with Gasteiger partial charge in [-0.1, -0.05) is 0 Å². The van der Waals surface area contributed by atoms with Crippen LogP contribution in [-0.2, 0) is 0 Å². The molecule has 1 heterocycles. The third kappa shape index (κ3) is 3.96. The van der Waals surface area contributed by atoms with Crippen molar-refractivity contribution in [2.24, 2.45) is 0 Å². The summed E-state index contributed by atoms with van der Waals surface area (Å²) < 4.78 is 19.6. The summed E-state index contributed by atoms with van der Waals surface area (Å²) in [6.45, 7) is 1.96. The van der Waals surface area contributed by atoms with Crippen LogP contribution in [0, 0.1) is 12.7 Å². The molecule has 0 fully saturated rings. The van der Waals surface area contributed by atoms with Gasteiger partial charge in [-0.25, -0.2) is 9.37 Å². The van der Waals surface area contributed by atoms with Gasteiger partial charge in [0.1, 0.15) is 17.3 Å². The zero-order chi connectivity index (χ0) is 18.8. The van der Waals surface area contributed by atoms with Crippen molar-refractivity contribution in [2.75, 3.05) is 5.32 Å². The molecule has 1 aromatic heterocycles. The van der Waals surface area contributed by atoms with E-state index in [9.17, 15) is 9.18 Å². The molecular formula is C21H15FN2O2S. The second-order valence-electron chi connectivity index (χ2n) is 5.95. The fraction of sp³-hybridized carbons (Fsp3) is 0.0476. The van der Waals surface area contributed by atoms with Crippen molar-refractivity contribution in [2.45, 2.75) is 6.92 Å². The lowest BCUT2D eigenvalue weighted by molar-refractivity contribution is 0.102. The lowest BCUT2D eigenvalue weighted by atomic mass is 10.2. The Morgan fingerprint density at radius 1 is 1.00 bits per heavy atom. The van der Waals surface area contributed by atoms with Crippen LogP contribution in [0.15, 0.2) is 66.7 Å². The Hall–Kier alpha value is -3.25. The topological polar surface area (TPSA) is 51.2 Å². The lowest BCUT2D eigenvalue weighted by Crippen LogP contribution is -2.11. The van der Waals surface area contributed by atoms with E-state index >= 15 is 0 Å². The van der Waals surface area contributed by atoms with Crippen LogP contribution in [0.1, 0.15) is 15.4 Å². The molecule has 134 valence electrons. The molecule has 0 aliphatic carbocycles. The highest BCUT2D eigenvalue weighted by Gasteiger charge is 2.08. The lowest BCUT2D eigenvalue weighted by Gasteiger charge is -2.08. The first-order valence-electron chi connectivity index (χ1n) is 8.29. The molecule has 6 heteroatoms. The number of carbonyl (C=O) groups is 1. The summed E-state index contributed by atoms with van der Waals surface area (Å²) in [5.41, 5.74) is 2.17. The molecule has 27 heavy (non-hydrogen) atoms. The number of halogens is 1. The molecule has 0 spiro atoms. The second-order valence-corrected chi connectivity index (χ2v) is 7.18. The first-order valence-corrected chi connectivity index (χ1v) is 9.10. The maximum Gasteiger partial charge on any atom is 0.255 e. The van der Waals surface area contributed by atoms with Crippen LogP contribution < -0.4 is 10.1 Å². The number of aryl methyl sites for hydroxylation is 1. The molecule has 0 unspecified atom stereocenters. The van der Waals surface area contributed by atoms with Gasteiger partial charge in [0.05, 0.1) is 15.2 Å². The Labute approximate surface area is 159 Å². The Morgan fingerprint density at radius 3 is 2.37 bits per heavy atom. The number of fused-ring (bicyclic) bond motifs is 1. The van der Waals surface area contributed by atoms with Crippen molar-refractivity contribution in [3.63, 3.8) is 0 Å². The fourth-order valence-corrected chi connectivity index (χ4v) is 3.50. The minimum absolute atomic E-state index is 0.205. The van der Waals surface area contributed by atoms with Gasteiger partial charge in [-0.15, -0.1) is 11.3 Å². The normalized spacial score (nSPS) is 10.7. The smallest absolute Gasteiger partial charge is 0.255 e. The number of thiazole rings is 1. The third-order valence-corrected chi connectivity index (χ3v) is 4.85. The van der Waals surface area contributed by atoms with Crippen LogP contribution >= 0.6 is 11.3 Å². The molecule has 0 atom stereocenters. The number of carbonyl (C=O) groups excluding carboxylic acids is 1. The molecule has 4 aromatic rings. The van der Waals surface area contributed by atoms with Crippen LogP contribution in [-0.4, -0.2) is 10.9 Å². The monoisotopic (exact) mass is 378 g/mol. The maximum atomic E-state index is 12.9. The van der Waals surface area contributed by atoms with Crippen molar-refractivity contribution in [3.8, 4) is 11.5 Å². The zero-order valence-electron chi connectivity index (χ0n) is 14.4. The number of benzene rings is 3. The molecule has 0 bridgehead atoms. The molecule has 0 saturated heterocycles. The number of nitrogens with zero attached hydrogens (tertiary/aromatic N) is 1. The van der Waals surface area contributed by atoms with Gasteiger partial charge in [-0.3, -0.25) is 4.79 Å². The predicted octanol–water partition coefficient (Wildman–Crippen LogP) is 5.79. The number of anilines is 1. The fourth-order valence-electron chi connectivity index (χ4n) is 2.63. The molecular weight excluding hydrogens is 363 g/mol. The molecule has 1 N–H and O–H groups in total. The summed E-state index contributed by atoms with van der Waals surface area (Å²) in [5, 5.41) is 3.88. The Kier molecular flexibility index (Phi) is 4.56. The molecule has 0 saturated carbocycles. The third-order valence-electron chi connectivity index (χ3n) is 3.92. The van der Waals surface area contributed by atoms with E-state index in [1.807, 2.05) is 25.1 Å². The number of hydrogen-bond acceptors (Lipinski definition) is 4. The average Bonchev–Trinajstić information content (AvgIpc) is 3.03. The summed E-state index contributed by atoms with van der Waals surface area (Å²) >= 11 is 1.59. The number of amides is 1. The van der Waals surface area contributed by atoms with Gasteiger partial charge >= 0.3 is 0 Å². The van der Waals surface area contributed by atoms with E-state index in [0.717, 1.165) is 20.9 Å². The first kappa shape index (κ1) is 17.2. The van der Waals surface area contributed by atoms with Crippen molar-refractivity contribution in [1.29, 1.82) is 0 Å². The van der Waals surface area contributed by atoms with Gasteiger partial charge in [0.25, 0.3) is 5.91 Å². The van der Waals surface area contributed by atoms with Crippen LogP contribution in [0.4, 0.5) is 10.1 Å². The largest absolute Gasteiger partial charge is 0.457 e. The second kappa shape index (κ2) is 7.17. The quantitative estimate of drug-likeness (QED) is 0.489. The standard InChI is InChI=1S/C21H15FN2O2S/c1-13-23-19-11-6-16(12-20(19)27-13)24-21(25)14-2-7-17(8-3-14)26-18-9-4-15(22)5-10-18/h2-12H,1H3,(H,24,25). The van der Waals surface area contributed by atoms with E-state index in [2.05, 4.69) is 10.3 Å². The van der Waals surface area contributed by atoms with Gasteiger partial charge in [-0.05, 0) is 73.7 Å². The number of nitrogens with one attached hydrogen (secondary N) is 1. The van der Waals surface area contributed by atoms with E-state index in [0.29, 0.717) is 17.1 Å². The van der Waals surface area contributed by atoms with Gasteiger partial charge in [0.15, 0.2) is 0 Å². The highest BCUT2D eigenvalue weighted by atomic mass is 32.1. The van der Waals surface area contributed by atoms with E-state index in [4.69, 9.17) is 4.74 Å². The van der Waals surface area contributed by atoms with Crippen molar-refractivity contribution in [3.05, 3.63) is 83.1 Å². The van der Waals surface area contributed by atoms with E-state index in [1.165, 1.54) is 12.1 Å². The van der Waals surface area contributed by atoms with Gasteiger partial charge in [0.2, 0.25) is 0 Å². The van der Waals surface area contributed by atoms with E-state index in [1.54, 1.807) is 47.7 Å². The van der Waals surface area contributed by atoms with Crippen LogP contribution in [0.2, 0.25) is 0 Å². The molecule has 0 aliphatic heterocycles. The summed E-state index contributed by atoms with van der Waals surface area (Å²) in [5.74, 6) is 0.575. The number of rotatable bonds is 4. The minimum Gasteiger partial charge on any atom is -0.457 e. The highest BCUT2D eigenvalue weighted by molar-refractivity contribution is 7.18. The van der Waals surface area contributed by atoms with Crippen LogP contribution in [0.3, 0.4) is 0 Å². The molecule has 4 rings (SSSR count). The summed E-state index contributed by atoms with van der Waals surface area (Å²) in [6.07, 6.45) is 0. The molecule has 4 nitrogen and oxygen atoms in total. The Morgan fingerprint density at radius 2 is 1.67 bits per heavy atom. The number of aromatic nitrogens is 1.